The molecular weight excluding hydrogens is 410 g/mol. The molecule has 8 heteroatoms. The first-order chi connectivity index (χ1) is 15.3. The molecule has 4 heterocycles. The molecule has 0 saturated carbocycles. The quantitative estimate of drug-likeness (QED) is 0.440. The zero-order valence-electron chi connectivity index (χ0n) is 17.1. The second kappa shape index (κ2) is 8.85. The predicted molar refractivity (Wildman–Crippen MR) is 121 cm³/mol. The SMILES string of the molecule is O=C(CCn1cnc2cc(-c3noc(/C=C/c4cccs4)n3)ccc21)N1CCCCC1. The van der Waals surface area contributed by atoms with Crippen molar-refractivity contribution in [3.05, 3.63) is 52.8 Å². The average Bonchev–Trinajstić information content (AvgIpc) is 3.57. The van der Waals surface area contributed by atoms with Crippen LogP contribution in [0.25, 0.3) is 34.6 Å². The normalized spacial score (nSPS) is 14.6. The van der Waals surface area contributed by atoms with E-state index in [1.165, 1.54) is 6.42 Å². The Balaban J connectivity index is 1.27. The molecule has 0 radical (unpaired) electrons. The molecular formula is C23H23N5O2S. The van der Waals surface area contributed by atoms with Crippen molar-refractivity contribution in [3.8, 4) is 11.4 Å². The minimum atomic E-state index is 0.230. The van der Waals surface area contributed by atoms with Gasteiger partial charge in [-0.2, -0.15) is 4.98 Å². The first-order valence-electron chi connectivity index (χ1n) is 10.5. The smallest absolute Gasteiger partial charge is 0.250 e. The number of carbonyl (C=O) groups is 1. The number of hydrogen-bond acceptors (Lipinski definition) is 6. The maximum atomic E-state index is 12.5. The fourth-order valence-electron chi connectivity index (χ4n) is 3.86. The lowest BCUT2D eigenvalue weighted by molar-refractivity contribution is -0.132. The van der Waals surface area contributed by atoms with E-state index in [0.717, 1.165) is 47.4 Å². The second-order valence-corrected chi connectivity index (χ2v) is 8.62. The number of rotatable bonds is 6. The lowest BCUT2D eigenvalue weighted by Crippen LogP contribution is -2.35. The zero-order chi connectivity index (χ0) is 21.0. The van der Waals surface area contributed by atoms with Gasteiger partial charge in [0.05, 0.1) is 17.4 Å². The summed E-state index contributed by atoms with van der Waals surface area (Å²) in [6.45, 7) is 2.41. The number of imidazole rings is 1. The van der Waals surface area contributed by atoms with Gasteiger partial charge in [-0.05, 0) is 55.0 Å². The van der Waals surface area contributed by atoms with Crippen molar-refractivity contribution >= 4 is 40.4 Å². The van der Waals surface area contributed by atoms with Gasteiger partial charge in [-0.1, -0.05) is 11.2 Å². The van der Waals surface area contributed by atoms with Crippen molar-refractivity contribution in [2.45, 2.75) is 32.2 Å². The first-order valence-corrected chi connectivity index (χ1v) is 11.4. The van der Waals surface area contributed by atoms with Crippen molar-refractivity contribution in [2.24, 2.45) is 0 Å². The minimum absolute atomic E-state index is 0.230. The largest absolute Gasteiger partial charge is 0.343 e. The van der Waals surface area contributed by atoms with E-state index in [4.69, 9.17) is 4.52 Å². The van der Waals surface area contributed by atoms with E-state index in [-0.39, 0.29) is 5.91 Å². The third-order valence-corrected chi connectivity index (χ3v) is 6.37. The van der Waals surface area contributed by atoms with Crippen LogP contribution in [0.1, 0.15) is 36.5 Å². The molecule has 0 aliphatic carbocycles. The number of amides is 1. The van der Waals surface area contributed by atoms with Gasteiger partial charge in [0, 0.05) is 42.6 Å². The molecule has 0 unspecified atom stereocenters. The van der Waals surface area contributed by atoms with Crippen LogP contribution in [0.15, 0.2) is 46.6 Å². The van der Waals surface area contributed by atoms with E-state index in [1.54, 1.807) is 17.7 Å². The number of aromatic nitrogens is 4. The number of benzene rings is 1. The number of carbonyl (C=O) groups excluding carboxylic acids is 1. The minimum Gasteiger partial charge on any atom is -0.343 e. The number of hydrogen-bond donors (Lipinski definition) is 0. The fraction of sp³-hybridized carbons (Fsp3) is 0.304. The molecule has 3 aromatic heterocycles. The van der Waals surface area contributed by atoms with Crippen LogP contribution in [0.3, 0.4) is 0 Å². The van der Waals surface area contributed by atoms with Crippen LogP contribution in [-0.4, -0.2) is 43.6 Å². The lowest BCUT2D eigenvalue weighted by Gasteiger charge is -2.26. The van der Waals surface area contributed by atoms with Gasteiger partial charge in [-0.25, -0.2) is 4.98 Å². The molecule has 0 N–H and O–H groups in total. The number of aryl methyl sites for hydroxylation is 1. The van der Waals surface area contributed by atoms with Gasteiger partial charge >= 0.3 is 0 Å². The molecule has 1 aromatic carbocycles. The number of piperidine rings is 1. The second-order valence-electron chi connectivity index (χ2n) is 7.64. The standard InChI is InChI=1S/C23H23N5O2S/c29-22(27-11-2-1-3-12-27)10-13-28-16-24-19-15-17(6-8-20(19)28)23-25-21(30-26-23)9-7-18-5-4-14-31-18/h4-9,14-16H,1-3,10-13H2/b9-7+. The summed E-state index contributed by atoms with van der Waals surface area (Å²) < 4.78 is 7.38. The van der Waals surface area contributed by atoms with Gasteiger partial charge in [0.25, 0.3) is 5.89 Å². The highest BCUT2D eigenvalue weighted by Gasteiger charge is 2.17. The molecule has 1 aliphatic heterocycles. The molecule has 1 aliphatic rings. The molecule has 0 bridgehead atoms. The van der Waals surface area contributed by atoms with Crippen LogP contribution < -0.4 is 0 Å². The summed E-state index contributed by atoms with van der Waals surface area (Å²) in [6.07, 6.45) is 9.52. The van der Waals surface area contributed by atoms with Crippen LogP contribution in [0, 0.1) is 0 Å². The predicted octanol–water partition coefficient (Wildman–Crippen LogP) is 4.72. The van der Waals surface area contributed by atoms with Gasteiger partial charge in [-0.3, -0.25) is 4.79 Å². The zero-order valence-corrected chi connectivity index (χ0v) is 17.9. The van der Waals surface area contributed by atoms with E-state index in [0.29, 0.717) is 24.7 Å². The molecule has 0 spiro atoms. The summed E-state index contributed by atoms with van der Waals surface area (Å²) in [5.74, 6) is 1.22. The Hall–Kier alpha value is -3.26. The molecule has 7 nitrogen and oxygen atoms in total. The topological polar surface area (TPSA) is 77.0 Å². The summed E-state index contributed by atoms with van der Waals surface area (Å²) in [6, 6.07) is 9.95. The molecule has 1 amide bonds. The van der Waals surface area contributed by atoms with Crippen LogP contribution >= 0.6 is 11.3 Å². The van der Waals surface area contributed by atoms with Gasteiger partial charge < -0.3 is 14.0 Å². The number of likely N-dealkylation sites (tertiary alicyclic amines) is 1. The molecule has 1 fully saturated rings. The third-order valence-electron chi connectivity index (χ3n) is 5.53. The van der Waals surface area contributed by atoms with E-state index in [9.17, 15) is 4.79 Å². The van der Waals surface area contributed by atoms with Gasteiger partial charge in [0.2, 0.25) is 11.7 Å². The molecule has 0 atom stereocenters. The summed E-state index contributed by atoms with van der Waals surface area (Å²) >= 11 is 1.65. The molecule has 5 rings (SSSR count). The highest BCUT2D eigenvalue weighted by molar-refractivity contribution is 7.10. The van der Waals surface area contributed by atoms with Gasteiger partial charge in [0.1, 0.15) is 0 Å². The van der Waals surface area contributed by atoms with E-state index < -0.39 is 0 Å². The Morgan fingerprint density at radius 3 is 2.90 bits per heavy atom. The third kappa shape index (κ3) is 4.44. The maximum Gasteiger partial charge on any atom is 0.250 e. The molecule has 158 valence electrons. The average molecular weight is 434 g/mol. The summed E-state index contributed by atoms with van der Waals surface area (Å²) in [5, 5.41) is 6.12. The highest BCUT2D eigenvalue weighted by atomic mass is 32.1. The fourth-order valence-corrected chi connectivity index (χ4v) is 4.48. The Kier molecular flexibility index (Phi) is 5.62. The first kappa shape index (κ1) is 19.7. The Labute approximate surface area is 184 Å². The Morgan fingerprint density at radius 1 is 1.16 bits per heavy atom. The summed E-state index contributed by atoms with van der Waals surface area (Å²) in [5.41, 5.74) is 2.70. The summed E-state index contributed by atoms with van der Waals surface area (Å²) in [7, 11) is 0. The number of nitrogens with zero attached hydrogens (tertiary/aromatic N) is 5. The van der Waals surface area contributed by atoms with Crippen molar-refractivity contribution in [2.75, 3.05) is 13.1 Å². The lowest BCUT2D eigenvalue weighted by atomic mass is 10.1. The van der Waals surface area contributed by atoms with Crippen molar-refractivity contribution in [1.29, 1.82) is 0 Å². The van der Waals surface area contributed by atoms with Crippen LogP contribution in [0.2, 0.25) is 0 Å². The van der Waals surface area contributed by atoms with Gasteiger partial charge in [0.15, 0.2) is 0 Å². The number of thiophene rings is 1. The molecule has 1 saturated heterocycles. The Morgan fingerprint density at radius 2 is 2.06 bits per heavy atom. The van der Waals surface area contributed by atoms with Crippen LogP contribution in [0.4, 0.5) is 0 Å². The Bertz CT molecular complexity index is 1200. The number of fused-ring (bicyclic) bond motifs is 1. The summed E-state index contributed by atoms with van der Waals surface area (Å²) in [4.78, 5) is 24.5. The van der Waals surface area contributed by atoms with E-state index in [2.05, 4.69) is 15.1 Å². The van der Waals surface area contributed by atoms with Crippen LogP contribution in [-0.2, 0) is 11.3 Å². The van der Waals surface area contributed by atoms with Crippen molar-refractivity contribution in [1.82, 2.24) is 24.6 Å². The highest BCUT2D eigenvalue weighted by Crippen LogP contribution is 2.23. The van der Waals surface area contributed by atoms with E-state index >= 15 is 0 Å². The van der Waals surface area contributed by atoms with Crippen molar-refractivity contribution in [3.63, 3.8) is 0 Å². The monoisotopic (exact) mass is 433 g/mol. The van der Waals surface area contributed by atoms with Crippen LogP contribution in [0.5, 0.6) is 0 Å². The maximum absolute atomic E-state index is 12.5. The van der Waals surface area contributed by atoms with Gasteiger partial charge in [-0.15, -0.1) is 11.3 Å². The van der Waals surface area contributed by atoms with E-state index in [1.807, 2.05) is 57.3 Å². The molecule has 4 aromatic rings. The van der Waals surface area contributed by atoms with Crippen molar-refractivity contribution < 1.29 is 9.32 Å². The molecule has 31 heavy (non-hydrogen) atoms.